The minimum absolute atomic E-state index is 0.179. The minimum Gasteiger partial charge on any atom is -0.381 e. The molecule has 0 amide bonds. The normalized spacial score (nSPS) is 18.5. The number of hydrogen-bond acceptors (Lipinski definition) is 1. The van der Waals surface area contributed by atoms with Crippen molar-refractivity contribution in [1.82, 2.24) is 0 Å². The number of halogens is 2. The third-order valence-corrected chi connectivity index (χ3v) is 4.08. The van der Waals surface area contributed by atoms with Crippen LogP contribution in [0.4, 0.5) is 10.1 Å². The lowest BCUT2D eigenvalue weighted by Gasteiger charge is -2.22. The van der Waals surface area contributed by atoms with Crippen LogP contribution in [0.1, 0.15) is 44.9 Å². The van der Waals surface area contributed by atoms with Crippen molar-refractivity contribution in [3.8, 4) is 0 Å². The van der Waals surface area contributed by atoms with Crippen LogP contribution in [0.3, 0.4) is 0 Å². The first kappa shape index (κ1) is 12.9. The molecule has 0 atom stereocenters. The van der Waals surface area contributed by atoms with Crippen LogP contribution in [-0.2, 0) is 0 Å². The van der Waals surface area contributed by atoms with Crippen molar-refractivity contribution in [1.29, 1.82) is 0 Å². The highest BCUT2D eigenvalue weighted by molar-refractivity contribution is 9.10. The van der Waals surface area contributed by atoms with Gasteiger partial charge in [0.25, 0.3) is 0 Å². The van der Waals surface area contributed by atoms with E-state index >= 15 is 0 Å². The summed E-state index contributed by atoms with van der Waals surface area (Å²) in [5.41, 5.74) is 0.885. The molecule has 1 aliphatic rings. The van der Waals surface area contributed by atoms with Crippen LogP contribution in [0.25, 0.3) is 0 Å². The van der Waals surface area contributed by atoms with Gasteiger partial charge in [-0.3, -0.25) is 0 Å². The molecule has 1 aromatic carbocycles. The molecular formula is C14H19BrFN. The summed E-state index contributed by atoms with van der Waals surface area (Å²) >= 11 is 3.46. The maximum absolute atomic E-state index is 13.2. The predicted octanol–water partition coefficient (Wildman–Crippen LogP) is 5.11. The number of rotatable bonds is 2. The van der Waals surface area contributed by atoms with E-state index in [0.717, 1.165) is 10.2 Å². The molecular weight excluding hydrogens is 281 g/mol. The Labute approximate surface area is 111 Å². The van der Waals surface area contributed by atoms with Gasteiger partial charge in [0.05, 0.1) is 5.69 Å². The molecule has 0 saturated heterocycles. The maximum atomic E-state index is 13.2. The zero-order valence-corrected chi connectivity index (χ0v) is 11.6. The zero-order chi connectivity index (χ0) is 12.1. The molecule has 0 aromatic heterocycles. The molecule has 0 aliphatic heterocycles. The fraction of sp³-hybridized carbons (Fsp3) is 0.571. The molecule has 0 heterocycles. The number of nitrogens with one attached hydrogen (secondary N) is 1. The van der Waals surface area contributed by atoms with Crippen LogP contribution >= 0.6 is 15.9 Å². The quantitative estimate of drug-likeness (QED) is 0.800. The van der Waals surface area contributed by atoms with Crippen molar-refractivity contribution in [2.24, 2.45) is 0 Å². The van der Waals surface area contributed by atoms with E-state index in [4.69, 9.17) is 0 Å². The van der Waals surface area contributed by atoms with Gasteiger partial charge in [-0.15, -0.1) is 0 Å². The van der Waals surface area contributed by atoms with Gasteiger partial charge in [0.1, 0.15) is 5.82 Å². The summed E-state index contributed by atoms with van der Waals surface area (Å²) in [5, 5.41) is 3.47. The third kappa shape index (κ3) is 3.98. The highest BCUT2D eigenvalue weighted by Crippen LogP contribution is 2.26. The van der Waals surface area contributed by atoms with Crippen LogP contribution in [0.2, 0.25) is 0 Å². The van der Waals surface area contributed by atoms with E-state index in [1.54, 1.807) is 12.1 Å². The Morgan fingerprint density at radius 3 is 2.41 bits per heavy atom. The molecule has 1 fully saturated rings. The van der Waals surface area contributed by atoms with Crippen molar-refractivity contribution in [2.45, 2.75) is 51.0 Å². The molecule has 94 valence electrons. The number of hydrogen-bond donors (Lipinski definition) is 1. The largest absolute Gasteiger partial charge is 0.381 e. The van der Waals surface area contributed by atoms with E-state index in [9.17, 15) is 4.39 Å². The van der Waals surface area contributed by atoms with Crippen LogP contribution < -0.4 is 5.32 Å². The average molecular weight is 300 g/mol. The Balaban J connectivity index is 2.00. The first-order chi connectivity index (χ1) is 8.25. The standard InChI is InChI=1S/C14H19BrFN/c15-13-9-8-11(16)10-14(13)17-12-6-4-2-1-3-5-7-12/h8-10,12,17H,1-7H2. The Hall–Kier alpha value is -0.570. The van der Waals surface area contributed by atoms with Crippen LogP contribution in [0, 0.1) is 5.82 Å². The second kappa shape index (κ2) is 6.39. The molecule has 0 radical (unpaired) electrons. The molecule has 1 aliphatic carbocycles. The van der Waals surface area contributed by atoms with Crippen molar-refractivity contribution in [2.75, 3.05) is 5.32 Å². The first-order valence-electron chi connectivity index (χ1n) is 6.47. The van der Waals surface area contributed by atoms with Gasteiger partial charge in [0, 0.05) is 10.5 Å². The summed E-state index contributed by atoms with van der Waals surface area (Å²) < 4.78 is 14.1. The Morgan fingerprint density at radius 2 is 1.71 bits per heavy atom. The van der Waals surface area contributed by atoms with Crippen molar-refractivity contribution < 1.29 is 4.39 Å². The molecule has 1 aromatic rings. The summed E-state index contributed by atoms with van der Waals surface area (Å²) in [5.74, 6) is -0.179. The third-order valence-electron chi connectivity index (χ3n) is 3.39. The lowest BCUT2D eigenvalue weighted by molar-refractivity contribution is 0.471. The van der Waals surface area contributed by atoms with Crippen molar-refractivity contribution >= 4 is 21.6 Å². The molecule has 1 saturated carbocycles. The first-order valence-corrected chi connectivity index (χ1v) is 7.26. The summed E-state index contributed by atoms with van der Waals surface area (Å²) in [6, 6.07) is 5.31. The highest BCUT2D eigenvalue weighted by atomic mass is 79.9. The smallest absolute Gasteiger partial charge is 0.125 e. The number of benzene rings is 1. The van der Waals surface area contributed by atoms with Gasteiger partial charge in [-0.2, -0.15) is 0 Å². The van der Waals surface area contributed by atoms with Crippen LogP contribution in [0.5, 0.6) is 0 Å². The molecule has 0 spiro atoms. The van der Waals surface area contributed by atoms with Crippen molar-refractivity contribution in [3.05, 3.63) is 28.5 Å². The van der Waals surface area contributed by atoms with Gasteiger partial charge in [-0.05, 0) is 47.0 Å². The summed E-state index contributed by atoms with van der Waals surface area (Å²) in [4.78, 5) is 0. The average Bonchev–Trinajstić information content (AvgIpc) is 2.27. The topological polar surface area (TPSA) is 12.0 Å². The fourth-order valence-corrected chi connectivity index (χ4v) is 2.79. The summed E-state index contributed by atoms with van der Waals surface area (Å²) in [6.45, 7) is 0. The molecule has 3 heteroatoms. The monoisotopic (exact) mass is 299 g/mol. The van der Waals surface area contributed by atoms with Gasteiger partial charge in [0.15, 0.2) is 0 Å². The van der Waals surface area contributed by atoms with Gasteiger partial charge < -0.3 is 5.32 Å². The predicted molar refractivity (Wildman–Crippen MR) is 73.8 cm³/mol. The summed E-state index contributed by atoms with van der Waals surface area (Å²) in [7, 11) is 0. The number of anilines is 1. The molecule has 0 bridgehead atoms. The molecule has 1 N–H and O–H groups in total. The van der Waals surface area contributed by atoms with Gasteiger partial charge in [0.2, 0.25) is 0 Å². The fourth-order valence-electron chi connectivity index (χ4n) is 2.43. The summed E-state index contributed by atoms with van der Waals surface area (Å²) in [6.07, 6.45) is 9.00. The lowest BCUT2D eigenvalue weighted by Crippen LogP contribution is -2.20. The van der Waals surface area contributed by atoms with Crippen LogP contribution in [0.15, 0.2) is 22.7 Å². The minimum atomic E-state index is -0.179. The van der Waals surface area contributed by atoms with E-state index in [-0.39, 0.29) is 5.82 Å². The van der Waals surface area contributed by atoms with Gasteiger partial charge in [-0.1, -0.05) is 32.1 Å². The molecule has 1 nitrogen and oxygen atoms in total. The van der Waals surface area contributed by atoms with E-state index in [0.29, 0.717) is 6.04 Å². The second-order valence-electron chi connectivity index (χ2n) is 4.81. The molecule has 0 unspecified atom stereocenters. The van der Waals surface area contributed by atoms with E-state index < -0.39 is 0 Å². The Kier molecular flexibility index (Phi) is 4.84. The van der Waals surface area contributed by atoms with E-state index in [1.807, 2.05) is 0 Å². The highest BCUT2D eigenvalue weighted by Gasteiger charge is 2.12. The Morgan fingerprint density at radius 1 is 1.06 bits per heavy atom. The maximum Gasteiger partial charge on any atom is 0.125 e. The SMILES string of the molecule is Fc1ccc(Br)c(NC2CCCCCCC2)c1. The van der Waals surface area contributed by atoms with Gasteiger partial charge in [-0.25, -0.2) is 4.39 Å². The van der Waals surface area contributed by atoms with E-state index in [2.05, 4.69) is 21.2 Å². The zero-order valence-electron chi connectivity index (χ0n) is 10.0. The molecule has 2 rings (SSSR count). The molecule has 17 heavy (non-hydrogen) atoms. The second-order valence-corrected chi connectivity index (χ2v) is 5.66. The lowest BCUT2D eigenvalue weighted by atomic mass is 9.96. The van der Waals surface area contributed by atoms with Crippen molar-refractivity contribution in [3.63, 3.8) is 0 Å². The van der Waals surface area contributed by atoms with Gasteiger partial charge >= 0.3 is 0 Å². The van der Waals surface area contributed by atoms with E-state index in [1.165, 1.54) is 51.0 Å². The Bertz CT molecular complexity index is 359. The van der Waals surface area contributed by atoms with Crippen LogP contribution in [-0.4, -0.2) is 6.04 Å².